The number of aliphatic hydroxyl groups excluding tert-OH is 2. The van der Waals surface area contributed by atoms with Crippen molar-refractivity contribution in [1.29, 1.82) is 0 Å². The van der Waals surface area contributed by atoms with Crippen molar-refractivity contribution in [2.45, 2.75) is 353 Å². The van der Waals surface area contributed by atoms with Crippen molar-refractivity contribution >= 4 is 11.9 Å². The van der Waals surface area contributed by atoms with E-state index in [9.17, 15) is 19.8 Å². The number of hydrogen-bond acceptors (Lipinski definition) is 5. The Morgan fingerprint density at radius 1 is 0.403 bits per heavy atom. The third-order valence-corrected chi connectivity index (χ3v) is 14.3. The molecule has 0 aromatic heterocycles. The molecule has 0 saturated carbocycles. The number of esters is 1. The molecular weight excluding hydrogens is 827 g/mol. The Kier molecular flexibility index (Phi) is 56.0. The molecule has 0 radical (unpaired) electrons. The van der Waals surface area contributed by atoms with Crippen molar-refractivity contribution in [3.63, 3.8) is 0 Å². The second-order valence-corrected chi connectivity index (χ2v) is 21.0. The van der Waals surface area contributed by atoms with Gasteiger partial charge in [-0.1, -0.05) is 289 Å². The molecule has 1 amide bonds. The minimum absolute atomic E-state index is 0.0158. The highest BCUT2D eigenvalue weighted by Gasteiger charge is 2.20. The molecular formula is C61H119NO5. The summed E-state index contributed by atoms with van der Waals surface area (Å²) >= 11 is 0. The summed E-state index contributed by atoms with van der Waals surface area (Å²) in [4.78, 5) is 24.6. The summed E-state index contributed by atoms with van der Waals surface area (Å²) in [5.74, 6) is -0.0627. The molecule has 0 aromatic rings. The largest absolute Gasteiger partial charge is 0.466 e. The number of carbonyl (C=O) groups is 2. The third-order valence-electron chi connectivity index (χ3n) is 14.3. The first-order valence-corrected chi connectivity index (χ1v) is 30.4. The van der Waals surface area contributed by atoms with Gasteiger partial charge in [0.15, 0.2) is 0 Å². The molecule has 0 rings (SSSR count). The molecule has 398 valence electrons. The monoisotopic (exact) mass is 946 g/mol. The molecule has 0 heterocycles. The minimum atomic E-state index is -0.675. The van der Waals surface area contributed by atoms with Crippen LogP contribution >= 0.6 is 0 Å². The van der Waals surface area contributed by atoms with Gasteiger partial charge in [0.2, 0.25) is 5.91 Å². The molecule has 3 N–H and O–H groups in total. The van der Waals surface area contributed by atoms with E-state index in [1.165, 1.54) is 250 Å². The summed E-state index contributed by atoms with van der Waals surface area (Å²) in [5.41, 5.74) is 0. The number of carbonyl (C=O) groups excluding carboxylic acids is 2. The smallest absolute Gasteiger partial charge is 0.305 e. The van der Waals surface area contributed by atoms with Gasteiger partial charge in [-0.2, -0.15) is 0 Å². The van der Waals surface area contributed by atoms with E-state index in [1.54, 1.807) is 0 Å². The lowest BCUT2D eigenvalue weighted by atomic mass is 10.0. The second kappa shape index (κ2) is 57.2. The van der Waals surface area contributed by atoms with Gasteiger partial charge in [-0.3, -0.25) is 9.59 Å². The number of hydrogen-bond donors (Lipinski definition) is 3. The first-order valence-electron chi connectivity index (χ1n) is 30.4. The SMILES string of the molecule is CCCCCCCC/C=C\CCCCCCCC(=O)OCCCCCCCCCCCCCCC(=O)NC(CO)C(O)CCCCCCCCCCCCCCCCCCCCCCCCC. The van der Waals surface area contributed by atoms with Gasteiger partial charge >= 0.3 is 5.97 Å². The van der Waals surface area contributed by atoms with Crippen molar-refractivity contribution in [1.82, 2.24) is 5.32 Å². The Bertz CT molecular complexity index is 1000. The van der Waals surface area contributed by atoms with Crippen molar-refractivity contribution in [3.05, 3.63) is 12.2 Å². The van der Waals surface area contributed by atoms with Crippen molar-refractivity contribution in [2.24, 2.45) is 0 Å². The van der Waals surface area contributed by atoms with Crippen LogP contribution in [0.1, 0.15) is 341 Å². The highest BCUT2D eigenvalue weighted by molar-refractivity contribution is 5.76. The molecule has 6 nitrogen and oxygen atoms in total. The lowest BCUT2D eigenvalue weighted by molar-refractivity contribution is -0.143. The molecule has 0 aliphatic rings. The molecule has 0 spiro atoms. The molecule has 0 aliphatic carbocycles. The Labute approximate surface area is 419 Å². The zero-order valence-electron chi connectivity index (χ0n) is 45.4. The number of allylic oxidation sites excluding steroid dienone is 2. The van der Waals surface area contributed by atoms with Gasteiger partial charge in [0.1, 0.15) is 0 Å². The molecule has 0 saturated heterocycles. The summed E-state index contributed by atoms with van der Waals surface area (Å²) in [5, 5.41) is 23.4. The topological polar surface area (TPSA) is 95.9 Å². The van der Waals surface area contributed by atoms with Gasteiger partial charge in [-0.15, -0.1) is 0 Å². The van der Waals surface area contributed by atoms with Crippen LogP contribution < -0.4 is 5.32 Å². The first kappa shape index (κ1) is 65.6. The van der Waals surface area contributed by atoms with E-state index in [2.05, 4.69) is 31.3 Å². The molecule has 0 aromatic carbocycles. The highest BCUT2D eigenvalue weighted by atomic mass is 16.5. The number of aliphatic hydroxyl groups is 2. The summed E-state index contributed by atoms with van der Waals surface area (Å²) in [6, 6.07) is -0.554. The van der Waals surface area contributed by atoms with Crippen LogP contribution in [0.4, 0.5) is 0 Å². The van der Waals surface area contributed by atoms with E-state index in [0.717, 1.165) is 57.8 Å². The number of rotatable bonds is 57. The average Bonchev–Trinajstić information content (AvgIpc) is 3.33. The van der Waals surface area contributed by atoms with Gasteiger partial charge in [-0.25, -0.2) is 0 Å². The maximum absolute atomic E-state index is 12.5. The predicted octanol–water partition coefficient (Wildman–Crippen LogP) is 18.9. The summed E-state index contributed by atoms with van der Waals surface area (Å²) in [7, 11) is 0. The Morgan fingerprint density at radius 3 is 1.06 bits per heavy atom. The van der Waals surface area contributed by atoms with Crippen molar-refractivity contribution < 1.29 is 24.5 Å². The van der Waals surface area contributed by atoms with E-state index in [0.29, 0.717) is 25.9 Å². The van der Waals surface area contributed by atoms with Gasteiger partial charge < -0.3 is 20.3 Å². The zero-order chi connectivity index (χ0) is 48.6. The lowest BCUT2D eigenvalue weighted by Crippen LogP contribution is -2.45. The van der Waals surface area contributed by atoms with Crippen LogP contribution in [0.5, 0.6) is 0 Å². The molecule has 0 aliphatic heterocycles. The fourth-order valence-electron chi connectivity index (χ4n) is 9.64. The molecule has 67 heavy (non-hydrogen) atoms. The van der Waals surface area contributed by atoms with Crippen LogP contribution in [0.15, 0.2) is 12.2 Å². The number of ether oxygens (including phenoxy) is 1. The van der Waals surface area contributed by atoms with Gasteiger partial charge in [0, 0.05) is 12.8 Å². The summed E-state index contributed by atoms with van der Waals surface area (Å²) < 4.78 is 5.47. The maximum Gasteiger partial charge on any atom is 0.305 e. The third kappa shape index (κ3) is 53.8. The van der Waals surface area contributed by atoms with Crippen LogP contribution in [-0.2, 0) is 14.3 Å². The van der Waals surface area contributed by atoms with Gasteiger partial charge in [-0.05, 0) is 51.4 Å². The van der Waals surface area contributed by atoms with Crippen LogP contribution in [0.25, 0.3) is 0 Å². The van der Waals surface area contributed by atoms with Crippen LogP contribution in [0.3, 0.4) is 0 Å². The summed E-state index contributed by atoms with van der Waals surface area (Å²) in [6.07, 6.45) is 67.8. The lowest BCUT2D eigenvalue weighted by Gasteiger charge is -2.22. The molecule has 2 unspecified atom stereocenters. The van der Waals surface area contributed by atoms with E-state index in [-0.39, 0.29) is 18.5 Å². The van der Waals surface area contributed by atoms with Crippen molar-refractivity contribution in [2.75, 3.05) is 13.2 Å². The fourth-order valence-corrected chi connectivity index (χ4v) is 9.64. The standard InChI is InChI=1S/C61H119NO5/c1-3-5-7-9-11-13-15-17-19-20-21-22-23-24-25-26-28-29-33-37-41-45-49-53-59(64)58(57-63)62-60(65)54-50-46-42-38-34-31-32-36-40-44-48-52-56-67-61(66)55-51-47-43-39-35-30-27-18-16-14-12-10-8-6-4-2/h18,27,58-59,63-64H,3-17,19-26,28-57H2,1-2H3,(H,62,65)/b27-18-. The van der Waals surface area contributed by atoms with Crippen LogP contribution in [-0.4, -0.2) is 47.4 Å². The van der Waals surface area contributed by atoms with Gasteiger partial charge in [0.05, 0.1) is 25.4 Å². The maximum atomic E-state index is 12.5. The highest BCUT2D eigenvalue weighted by Crippen LogP contribution is 2.18. The Hall–Kier alpha value is -1.40. The van der Waals surface area contributed by atoms with Gasteiger partial charge in [0.25, 0.3) is 0 Å². The van der Waals surface area contributed by atoms with Crippen LogP contribution in [0, 0.1) is 0 Å². The molecule has 0 bridgehead atoms. The summed E-state index contributed by atoms with van der Waals surface area (Å²) in [6.45, 7) is 4.94. The first-order chi connectivity index (χ1) is 33.0. The molecule has 2 atom stereocenters. The molecule has 6 heteroatoms. The second-order valence-electron chi connectivity index (χ2n) is 21.0. The van der Waals surface area contributed by atoms with E-state index in [4.69, 9.17) is 4.74 Å². The number of amides is 1. The predicted molar refractivity (Wildman–Crippen MR) is 292 cm³/mol. The fraction of sp³-hybridized carbons (Fsp3) is 0.934. The Balaban J connectivity index is 3.44. The molecule has 0 fully saturated rings. The number of nitrogens with one attached hydrogen (secondary N) is 1. The van der Waals surface area contributed by atoms with Crippen molar-refractivity contribution in [3.8, 4) is 0 Å². The quantitative estimate of drug-likeness (QED) is 0.0321. The van der Waals surface area contributed by atoms with E-state index < -0.39 is 12.1 Å². The normalized spacial score (nSPS) is 12.6. The van der Waals surface area contributed by atoms with Crippen LogP contribution in [0.2, 0.25) is 0 Å². The van der Waals surface area contributed by atoms with E-state index in [1.807, 2.05) is 0 Å². The number of unbranched alkanes of at least 4 members (excludes halogenated alkanes) is 44. The Morgan fingerprint density at radius 2 is 0.701 bits per heavy atom. The zero-order valence-corrected chi connectivity index (χ0v) is 45.4. The average molecular weight is 947 g/mol. The minimum Gasteiger partial charge on any atom is -0.466 e. The van der Waals surface area contributed by atoms with E-state index >= 15 is 0 Å².